The predicted octanol–water partition coefficient (Wildman–Crippen LogP) is 4.90. The Hall–Kier alpha value is -1.76. The van der Waals surface area contributed by atoms with Crippen LogP contribution in [0.15, 0.2) is 36.4 Å². The zero-order chi connectivity index (χ0) is 14.9. The molecular weight excluding hydrogens is 244 g/mol. The van der Waals surface area contributed by atoms with Crippen LogP contribution in [-0.2, 0) is 11.8 Å². The second-order valence-electron chi connectivity index (χ2n) is 6.59. The first-order valence-electron chi connectivity index (χ1n) is 7.17. The van der Waals surface area contributed by atoms with Crippen molar-refractivity contribution in [2.24, 2.45) is 0 Å². The van der Waals surface area contributed by atoms with Crippen molar-refractivity contribution in [3.63, 3.8) is 0 Å². The van der Waals surface area contributed by atoms with E-state index < -0.39 is 0 Å². The summed E-state index contributed by atoms with van der Waals surface area (Å²) in [6, 6.07) is 12.4. The van der Waals surface area contributed by atoms with Gasteiger partial charge in [0.25, 0.3) is 0 Å². The van der Waals surface area contributed by atoms with Gasteiger partial charge >= 0.3 is 0 Å². The lowest BCUT2D eigenvalue weighted by Crippen LogP contribution is -2.14. The highest BCUT2D eigenvalue weighted by Gasteiger charge is 2.18. The largest absolute Gasteiger partial charge is 0.508 e. The summed E-state index contributed by atoms with van der Waals surface area (Å²) in [6.07, 6.45) is 0.875. The van der Waals surface area contributed by atoms with Crippen molar-refractivity contribution in [3.8, 4) is 5.75 Å². The molecule has 2 rings (SSSR count). The third kappa shape index (κ3) is 2.87. The van der Waals surface area contributed by atoms with E-state index >= 15 is 0 Å². The van der Waals surface area contributed by atoms with E-state index in [1.807, 2.05) is 13.0 Å². The van der Waals surface area contributed by atoms with Gasteiger partial charge in [0.05, 0.1) is 0 Å². The van der Waals surface area contributed by atoms with Crippen molar-refractivity contribution in [1.82, 2.24) is 0 Å². The number of phenols is 1. The molecular formula is C19H24O. The zero-order valence-corrected chi connectivity index (χ0v) is 13.1. The fourth-order valence-corrected chi connectivity index (χ4v) is 2.75. The van der Waals surface area contributed by atoms with Gasteiger partial charge < -0.3 is 5.11 Å². The molecule has 0 unspecified atom stereocenters. The van der Waals surface area contributed by atoms with Gasteiger partial charge in [-0.1, -0.05) is 51.1 Å². The molecule has 1 heteroatoms. The number of hydrogen-bond acceptors (Lipinski definition) is 1. The van der Waals surface area contributed by atoms with Crippen molar-refractivity contribution in [2.75, 3.05) is 0 Å². The highest BCUT2D eigenvalue weighted by molar-refractivity contribution is 5.47. The molecule has 0 aliphatic heterocycles. The van der Waals surface area contributed by atoms with Gasteiger partial charge in [0.2, 0.25) is 0 Å². The Morgan fingerprint density at radius 3 is 2.25 bits per heavy atom. The Bertz CT molecular complexity index is 618. The molecule has 0 atom stereocenters. The van der Waals surface area contributed by atoms with E-state index in [-0.39, 0.29) is 5.41 Å². The molecule has 1 N–H and O–H groups in total. The molecule has 0 saturated carbocycles. The van der Waals surface area contributed by atoms with Gasteiger partial charge in [-0.2, -0.15) is 0 Å². The van der Waals surface area contributed by atoms with Crippen molar-refractivity contribution in [3.05, 3.63) is 64.2 Å². The molecule has 1 nitrogen and oxygen atoms in total. The second kappa shape index (κ2) is 5.32. The first-order valence-corrected chi connectivity index (χ1v) is 7.17. The lowest BCUT2D eigenvalue weighted by molar-refractivity contribution is 0.470. The van der Waals surface area contributed by atoms with Crippen molar-refractivity contribution < 1.29 is 5.11 Å². The molecule has 2 aromatic rings. The van der Waals surface area contributed by atoms with Crippen LogP contribution in [0.5, 0.6) is 5.75 Å². The van der Waals surface area contributed by atoms with Crippen molar-refractivity contribution in [1.29, 1.82) is 0 Å². The van der Waals surface area contributed by atoms with E-state index in [1.54, 1.807) is 6.07 Å². The van der Waals surface area contributed by atoms with E-state index in [2.05, 4.69) is 52.0 Å². The van der Waals surface area contributed by atoms with Gasteiger partial charge in [0.15, 0.2) is 0 Å². The van der Waals surface area contributed by atoms with Crippen LogP contribution in [0.3, 0.4) is 0 Å². The van der Waals surface area contributed by atoms with Crippen molar-refractivity contribution in [2.45, 2.75) is 46.5 Å². The molecule has 0 aliphatic carbocycles. The highest BCUT2D eigenvalue weighted by Crippen LogP contribution is 2.30. The van der Waals surface area contributed by atoms with Crippen LogP contribution in [0.2, 0.25) is 0 Å². The maximum atomic E-state index is 9.93. The van der Waals surface area contributed by atoms with E-state index in [4.69, 9.17) is 0 Å². The van der Waals surface area contributed by atoms with E-state index in [0.29, 0.717) is 5.75 Å². The maximum absolute atomic E-state index is 9.93. The summed E-state index contributed by atoms with van der Waals surface area (Å²) in [7, 11) is 0. The SMILES string of the molecule is Cc1ccc(O)c(C)c1Cc1ccccc1C(C)(C)C. The maximum Gasteiger partial charge on any atom is 0.118 e. The molecule has 0 radical (unpaired) electrons. The number of rotatable bonds is 2. The first-order chi connectivity index (χ1) is 9.30. The molecule has 106 valence electrons. The van der Waals surface area contributed by atoms with Gasteiger partial charge in [0, 0.05) is 0 Å². The van der Waals surface area contributed by atoms with Crippen LogP contribution >= 0.6 is 0 Å². The third-order valence-corrected chi connectivity index (χ3v) is 4.00. The Morgan fingerprint density at radius 1 is 0.950 bits per heavy atom. The summed E-state index contributed by atoms with van der Waals surface area (Å²) < 4.78 is 0. The molecule has 0 saturated heterocycles. The third-order valence-electron chi connectivity index (χ3n) is 4.00. The number of aryl methyl sites for hydroxylation is 1. The van der Waals surface area contributed by atoms with Crippen LogP contribution in [0.1, 0.15) is 48.6 Å². The summed E-state index contributed by atoms with van der Waals surface area (Å²) in [6.45, 7) is 10.8. The molecule has 20 heavy (non-hydrogen) atoms. The fraction of sp³-hybridized carbons (Fsp3) is 0.368. The van der Waals surface area contributed by atoms with Gasteiger partial charge in [-0.3, -0.25) is 0 Å². The molecule has 0 spiro atoms. The summed E-state index contributed by atoms with van der Waals surface area (Å²) in [4.78, 5) is 0. The smallest absolute Gasteiger partial charge is 0.118 e. The zero-order valence-electron chi connectivity index (χ0n) is 13.1. The van der Waals surface area contributed by atoms with Crippen LogP contribution in [0.4, 0.5) is 0 Å². The minimum absolute atomic E-state index is 0.134. The summed E-state index contributed by atoms with van der Waals surface area (Å²) in [5.41, 5.74) is 6.33. The average Bonchev–Trinajstić information content (AvgIpc) is 2.38. The quantitative estimate of drug-likeness (QED) is 0.821. The lowest BCUT2D eigenvalue weighted by Gasteiger charge is -2.24. The predicted molar refractivity (Wildman–Crippen MR) is 85.5 cm³/mol. The molecule has 0 aliphatic rings. The van der Waals surface area contributed by atoms with Crippen molar-refractivity contribution >= 4 is 0 Å². The Morgan fingerprint density at radius 2 is 1.60 bits per heavy atom. The Labute approximate surface area is 122 Å². The van der Waals surface area contributed by atoms with Gasteiger partial charge in [-0.25, -0.2) is 0 Å². The number of benzene rings is 2. The highest BCUT2D eigenvalue weighted by atomic mass is 16.3. The molecule has 0 bridgehead atoms. The molecule has 2 aromatic carbocycles. The molecule has 0 aromatic heterocycles. The Balaban J connectivity index is 2.49. The van der Waals surface area contributed by atoms with Gasteiger partial charge in [0.1, 0.15) is 5.75 Å². The van der Waals surface area contributed by atoms with E-state index in [1.165, 1.54) is 22.3 Å². The summed E-state index contributed by atoms with van der Waals surface area (Å²) in [5.74, 6) is 0.388. The van der Waals surface area contributed by atoms with Gasteiger partial charge in [-0.15, -0.1) is 0 Å². The lowest BCUT2D eigenvalue weighted by atomic mass is 9.81. The van der Waals surface area contributed by atoms with E-state index in [9.17, 15) is 5.11 Å². The number of hydrogen-bond donors (Lipinski definition) is 1. The standard InChI is InChI=1S/C19H24O/c1-13-10-11-18(20)14(2)16(13)12-15-8-6-7-9-17(15)19(3,4)5/h6-11,20H,12H2,1-5H3. The van der Waals surface area contributed by atoms with Crippen LogP contribution in [0, 0.1) is 13.8 Å². The first kappa shape index (κ1) is 14.6. The number of phenolic OH excluding ortho intramolecular Hbond substituents is 1. The second-order valence-corrected chi connectivity index (χ2v) is 6.59. The minimum atomic E-state index is 0.134. The normalized spacial score (nSPS) is 11.7. The van der Waals surface area contributed by atoms with E-state index in [0.717, 1.165) is 12.0 Å². The monoisotopic (exact) mass is 268 g/mol. The summed E-state index contributed by atoms with van der Waals surface area (Å²) >= 11 is 0. The summed E-state index contributed by atoms with van der Waals surface area (Å²) in [5, 5.41) is 9.93. The Kier molecular flexibility index (Phi) is 3.89. The fourth-order valence-electron chi connectivity index (χ4n) is 2.75. The molecule has 0 amide bonds. The van der Waals surface area contributed by atoms with Crippen LogP contribution in [-0.4, -0.2) is 5.11 Å². The molecule has 0 fully saturated rings. The minimum Gasteiger partial charge on any atom is -0.508 e. The van der Waals surface area contributed by atoms with Crippen LogP contribution < -0.4 is 0 Å². The topological polar surface area (TPSA) is 20.2 Å². The molecule has 0 heterocycles. The number of aromatic hydroxyl groups is 1. The average molecular weight is 268 g/mol. The van der Waals surface area contributed by atoms with Crippen LogP contribution in [0.25, 0.3) is 0 Å². The van der Waals surface area contributed by atoms with Gasteiger partial charge in [-0.05, 0) is 59.6 Å².